The van der Waals surface area contributed by atoms with Gasteiger partial charge >= 0.3 is 6.09 Å². The number of ether oxygens (including phenoxy) is 1. The van der Waals surface area contributed by atoms with Crippen LogP contribution < -0.4 is 10.6 Å². The minimum absolute atomic E-state index is 0.132. The first kappa shape index (κ1) is 19.1. The van der Waals surface area contributed by atoms with Gasteiger partial charge in [-0.15, -0.1) is 0 Å². The number of alkyl carbamates (subject to hydrolysis) is 1. The molecule has 142 valence electrons. The standard InChI is InChI=1S/C22H21N3O3/c26-21(25-20-13-7-8-14-23-20)19(15-17-9-3-1-4-10-17)24-22(27)28-16-18-11-5-2-6-12-18/h1-14,19H,15-16H2,(H,24,27)(H,23,25,26)/t19-/m1/s1. The maximum atomic E-state index is 12.7. The SMILES string of the molecule is O=C(N[C@H](Cc1ccccc1)C(=O)Nc1ccccn1)OCc1ccccc1. The van der Waals surface area contributed by atoms with E-state index in [1.54, 1.807) is 24.4 Å². The van der Waals surface area contributed by atoms with Crippen LogP contribution in [-0.2, 0) is 22.6 Å². The van der Waals surface area contributed by atoms with Crippen molar-refractivity contribution >= 4 is 17.8 Å². The van der Waals surface area contributed by atoms with E-state index >= 15 is 0 Å². The van der Waals surface area contributed by atoms with E-state index in [0.717, 1.165) is 11.1 Å². The van der Waals surface area contributed by atoms with Crippen LogP contribution in [0.1, 0.15) is 11.1 Å². The molecule has 6 heteroatoms. The molecule has 1 aromatic heterocycles. The lowest BCUT2D eigenvalue weighted by Gasteiger charge is -2.18. The number of carbonyl (C=O) groups is 2. The number of aromatic nitrogens is 1. The highest BCUT2D eigenvalue weighted by molar-refractivity contribution is 5.96. The van der Waals surface area contributed by atoms with Crippen LogP contribution in [0.25, 0.3) is 0 Å². The number of pyridine rings is 1. The summed E-state index contributed by atoms with van der Waals surface area (Å²) < 4.78 is 5.25. The molecule has 3 aromatic rings. The van der Waals surface area contributed by atoms with Gasteiger partial charge in [-0.2, -0.15) is 0 Å². The Labute approximate surface area is 163 Å². The molecule has 2 N–H and O–H groups in total. The summed E-state index contributed by atoms with van der Waals surface area (Å²) in [5.74, 6) is 0.0595. The third kappa shape index (κ3) is 5.95. The van der Waals surface area contributed by atoms with Gasteiger partial charge in [0.25, 0.3) is 0 Å². The molecule has 28 heavy (non-hydrogen) atoms. The molecule has 0 saturated heterocycles. The Bertz CT molecular complexity index is 887. The second kappa shape index (κ2) is 9.87. The Hall–Kier alpha value is -3.67. The summed E-state index contributed by atoms with van der Waals surface area (Å²) in [6.07, 6.45) is 1.27. The molecular weight excluding hydrogens is 354 g/mol. The minimum Gasteiger partial charge on any atom is -0.445 e. The molecule has 6 nitrogen and oxygen atoms in total. The maximum Gasteiger partial charge on any atom is 0.408 e. The van der Waals surface area contributed by atoms with Gasteiger partial charge in [-0.1, -0.05) is 66.7 Å². The van der Waals surface area contributed by atoms with E-state index in [4.69, 9.17) is 4.74 Å². The van der Waals surface area contributed by atoms with Crippen LogP contribution in [0.5, 0.6) is 0 Å². The first-order valence-electron chi connectivity index (χ1n) is 8.94. The Morgan fingerprint density at radius 2 is 1.50 bits per heavy atom. The van der Waals surface area contributed by atoms with Crippen molar-refractivity contribution in [2.75, 3.05) is 5.32 Å². The Kier molecular flexibility index (Phi) is 6.73. The van der Waals surface area contributed by atoms with E-state index < -0.39 is 12.1 Å². The second-order valence-corrected chi connectivity index (χ2v) is 6.15. The van der Waals surface area contributed by atoms with Crippen LogP contribution in [0.15, 0.2) is 85.1 Å². The highest BCUT2D eigenvalue weighted by atomic mass is 16.5. The van der Waals surface area contributed by atoms with Gasteiger partial charge in [-0.3, -0.25) is 4.79 Å². The zero-order chi connectivity index (χ0) is 19.6. The lowest BCUT2D eigenvalue weighted by molar-refractivity contribution is -0.118. The van der Waals surface area contributed by atoms with Crippen LogP contribution >= 0.6 is 0 Å². The number of nitrogens with zero attached hydrogens (tertiary/aromatic N) is 1. The number of carbonyl (C=O) groups excluding carboxylic acids is 2. The predicted molar refractivity (Wildman–Crippen MR) is 107 cm³/mol. The summed E-state index contributed by atoms with van der Waals surface area (Å²) in [6.45, 7) is 0.132. The lowest BCUT2D eigenvalue weighted by atomic mass is 10.1. The summed E-state index contributed by atoms with van der Waals surface area (Å²) in [6, 6.07) is 23.2. The van der Waals surface area contributed by atoms with E-state index in [0.29, 0.717) is 12.2 Å². The van der Waals surface area contributed by atoms with Crippen LogP contribution in [0.4, 0.5) is 10.6 Å². The lowest BCUT2D eigenvalue weighted by Crippen LogP contribution is -2.45. The number of hydrogen-bond acceptors (Lipinski definition) is 4. The van der Waals surface area contributed by atoms with E-state index in [1.165, 1.54) is 0 Å². The zero-order valence-corrected chi connectivity index (χ0v) is 15.2. The average molecular weight is 375 g/mol. The quantitative estimate of drug-likeness (QED) is 0.662. The molecule has 1 heterocycles. The molecule has 1 atom stereocenters. The van der Waals surface area contributed by atoms with Crippen molar-refractivity contribution in [2.45, 2.75) is 19.1 Å². The largest absolute Gasteiger partial charge is 0.445 e. The molecule has 0 saturated carbocycles. The summed E-state index contributed by atoms with van der Waals surface area (Å²) >= 11 is 0. The van der Waals surface area contributed by atoms with E-state index in [1.807, 2.05) is 60.7 Å². The van der Waals surface area contributed by atoms with Crippen LogP contribution in [-0.4, -0.2) is 23.0 Å². The smallest absolute Gasteiger partial charge is 0.408 e. The molecule has 0 fully saturated rings. The monoisotopic (exact) mass is 375 g/mol. The topological polar surface area (TPSA) is 80.3 Å². The highest BCUT2D eigenvalue weighted by Gasteiger charge is 2.22. The fraction of sp³-hybridized carbons (Fsp3) is 0.136. The minimum atomic E-state index is -0.798. The van der Waals surface area contributed by atoms with Gasteiger partial charge in [-0.25, -0.2) is 9.78 Å². The molecule has 0 aliphatic carbocycles. The van der Waals surface area contributed by atoms with Crippen LogP contribution in [0, 0.1) is 0 Å². The van der Waals surface area contributed by atoms with Gasteiger partial charge in [0.05, 0.1) is 0 Å². The van der Waals surface area contributed by atoms with E-state index in [9.17, 15) is 9.59 Å². The molecule has 0 spiro atoms. The van der Waals surface area contributed by atoms with Crippen LogP contribution in [0.2, 0.25) is 0 Å². The first-order valence-corrected chi connectivity index (χ1v) is 8.94. The molecular formula is C22H21N3O3. The summed E-state index contributed by atoms with van der Waals surface area (Å²) in [5.41, 5.74) is 1.79. The van der Waals surface area contributed by atoms with Crippen molar-refractivity contribution in [2.24, 2.45) is 0 Å². The van der Waals surface area contributed by atoms with Crippen molar-refractivity contribution in [3.05, 3.63) is 96.2 Å². The number of anilines is 1. The average Bonchev–Trinajstić information content (AvgIpc) is 2.74. The summed E-state index contributed by atoms with van der Waals surface area (Å²) in [5, 5.41) is 5.38. The molecule has 3 rings (SSSR count). The molecule has 0 radical (unpaired) electrons. The predicted octanol–water partition coefficient (Wildman–Crippen LogP) is 3.56. The van der Waals surface area contributed by atoms with Crippen molar-refractivity contribution in [1.29, 1.82) is 0 Å². The van der Waals surface area contributed by atoms with Gasteiger partial charge in [-0.05, 0) is 23.3 Å². The highest BCUT2D eigenvalue weighted by Crippen LogP contribution is 2.08. The molecule has 0 bridgehead atoms. The number of benzene rings is 2. The van der Waals surface area contributed by atoms with Crippen molar-refractivity contribution in [3.63, 3.8) is 0 Å². The number of amides is 2. The number of hydrogen-bond donors (Lipinski definition) is 2. The van der Waals surface area contributed by atoms with E-state index in [2.05, 4.69) is 15.6 Å². The number of nitrogens with one attached hydrogen (secondary N) is 2. The maximum absolute atomic E-state index is 12.7. The Balaban J connectivity index is 1.64. The molecule has 0 unspecified atom stereocenters. The normalized spacial score (nSPS) is 11.3. The zero-order valence-electron chi connectivity index (χ0n) is 15.2. The molecule has 2 aromatic carbocycles. The third-order valence-corrected chi connectivity index (χ3v) is 4.02. The Morgan fingerprint density at radius 1 is 0.857 bits per heavy atom. The van der Waals surface area contributed by atoms with Gasteiger partial charge in [0.15, 0.2) is 0 Å². The summed E-state index contributed by atoms with van der Waals surface area (Å²) in [4.78, 5) is 29.0. The first-order chi connectivity index (χ1) is 13.7. The van der Waals surface area contributed by atoms with Gasteiger partial charge < -0.3 is 15.4 Å². The van der Waals surface area contributed by atoms with Crippen molar-refractivity contribution < 1.29 is 14.3 Å². The van der Waals surface area contributed by atoms with Crippen molar-refractivity contribution in [1.82, 2.24) is 10.3 Å². The second-order valence-electron chi connectivity index (χ2n) is 6.15. The van der Waals surface area contributed by atoms with Gasteiger partial charge in [0.2, 0.25) is 5.91 Å². The van der Waals surface area contributed by atoms with Crippen LogP contribution in [0.3, 0.4) is 0 Å². The fourth-order valence-corrected chi connectivity index (χ4v) is 2.62. The van der Waals surface area contributed by atoms with Gasteiger partial charge in [0, 0.05) is 12.6 Å². The number of rotatable bonds is 7. The van der Waals surface area contributed by atoms with E-state index in [-0.39, 0.29) is 12.5 Å². The van der Waals surface area contributed by atoms with Gasteiger partial charge in [0.1, 0.15) is 18.5 Å². The third-order valence-electron chi connectivity index (χ3n) is 4.02. The summed E-state index contributed by atoms with van der Waals surface area (Å²) in [7, 11) is 0. The molecule has 0 aliphatic heterocycles. The fourth-order valence-electron chi connectivity index (χ4n) is 2.62. The molecule has 0 aliphatic rings. The Morgan fingerprint density at radius 3 is 2.14 bits per heavy atom. The van der Waals surface area contributed by atoms with Crippen molar-refractivity contribution in [3.8, 4) is 0 Å². The molecule has 2 amide bonds.